The van der Waals surface area contributed by atoms with Crippen LogP contribution in [-0.2, 0) is 16.9 Å². The zero-order chi connectivity index (χ0) is 17.6. The lowest BCUT2D eigenvalue weighted by atomic mass is 9.83. The monoisotopic (exact) mass is 339 g/mol. The van der Waals surface area contributed by atoms with Gasteiger partial charge in [0, 0.05) is 45.0 Å². The first kappa shape index (κ1) is 16.2. The van der Waals surface area contributed by atoms with Crippen LogP contribution in [0.15, 0.2) is 30.6 Å². The molecule has 0 N–H and O–H groups in total. The summed E-state index contributed by atoms with van der Waals surface area (Å²) in [6, 6.07) is 8.15. The summed E-state index contributed by atoms with van der Waals surface area (Å²) in [6.45, 7) is 8.45. The Hall–Kier alpha value is -2.30. The molecule has 2 aliphatic heterocycles. The van der Waals surface area contributed by atoms with Gasteiger partial charge in [0.2, 0.25) is 5.91 Å². The van der Waals surface area contributed by atoms with Gasteiger partial charge in [-0.3, -0.25) is 4.79 Å². The maximum Gasteiger partial charge on any atom is 0.219 e. The minimum absolute atomic E-state index is 0.141. The highest BCUT2D eigenvalue weighted by Gasteiger charge is 2.46. The summed E-state index contributed by atoms with van der Waals surface area (Å²) >= 11 is 0. The maximum atomic E-state index is 11.7. The van der Waals surface area contributed by atoms with Crippen molar-refractivity contribution in [2.45, 2.75) is 45.8 Å². The molecule has 0 bridgehead atoms. The van der Waals surface area contributed by atoms with Crippen molar-refractivity contribution in [1.82, 2.24) is 14.5 Å². The molecule has 0 saturated carbocycles. The van der Waals surface area contributed by atoms with Gasteiger partial charge in [-0.1, -0.05) is 26.0 Å². The Morgan fingerprint density at radius 2 is 2.00 bits per heavy atom. The van der Waals surface area contributed by atoms with Crippen LogP contribution in [0, 0.1) is 5.92 Å². The van der Waals surface area contributed by atoms with Crippen molar-refractivity contribution in [3.8, 4) is 17.0 Å². The summed E-state index contributed by atoms with van der Waals surface area (Å²) in [5, 5.41) is 0. The zero-order valence-corrected chi connectivity index (χ0v) is 15.2. The molecule has 0 aliphatic carbocycles. The number of benzene rings is 1. The first-order valence-electron chi connectivity index (χ1n) is 9.10. The van der Waals surface area contributed by atoms with Crippen LogP contribution in [0.25, 0.3) is 11.3 Å². The standard InChI is InChI=1S/C20H25N3O2/c1-14(2)12-23-13-21-18-16-6-4-5-7-17(16)25-20(19(18)23)8-10-22(11-9-20)15(3)24/h4-7,13-14H,8-12H2,1-3H3. The number of rotatable bonds is 2. The number of hydrogen-bond donors (Lipinski definition) is 0. The smallest absolute Gasteiger partial charge is 0.219 e. The molecule has 1 spiro atoms. The van der Waals surface area contributed by atoms with Crippen molar-refractivity contribution in [3.05, 3.63) is 36.3 Å². The Kier molecular flexibility index (Phi) is 3.82. The number of piperidine rings is 1. The van der Waals surface area contributed by atoms with E-state index in [1.54, 1.807) is 6.92 Å². The molecule has 2 aliphatic rings. The van der Waals surface area contributed by atoms with Crippen molar-refractivity contribution < 1.29 is 9.53 Å². The SMILES string of the molecule is CC(=O)N1CCC2(CC1)Oc1ccccc1-c1ncn(CC(C)C)c12. The van der Waals surface area contributed by atoms with Gasteiger partial charge in [-0.2, -0.15) is 0 Å². The molecule has 0 atom stereocenters. The van der Waals surface area contributed by atoms with E-state index in [4.69, 9.17) is 9.72 Å². The van der Waals surface area contributed by atoms with Crippen LogP contribution in [0.5, 0.6) is 5.75 Å². The lowest BCUT2D eigenvalue weighted by Crippen LogP contribution is -2.49. The molecule has 5 heteroatoms. The number of carbonyl (C=O) groups is 1. The minimum atomic E-state index is -0.388. The second-order valence-corrected chi connectivity index (χ2v) is 7.59. The molecule has 1 saturated heterocycles. The third-order valence-electron chi connectivity index (χ3n) is 5.30. The van der Waals surface area contributed by atoms with Crippen LogP contribution in [-0.4, -0.2) is 33.4 Å². The van der Waals surface area contributed by atoms with E-state index in [1.165, 1.54) is 5.69 Å². The fourth-order valence-electron chi connectivity index (χ4n) is 4.12. The number of fused-ring (bicyclic) bond motifs is 4. The van der Waals surface area contributed by atoms with E-state index >= 15 is 0 Å². The minimum Gasteiger partial charge on any atom is -0.480 e. The van der Waals surface area contributed by atoms with Gasteiger partial charge in [0.15, 0.2) is 5.60 Å². The summed E-state index contributed by atoms with van der Waals surface area (Å²) in [6.07, 6.45) is 3.56. The molecular formula is C20H25N3O2. The molecule has 1 aromatic carbocycles. The van der Waals surface area contributed by atoms with Crippen molar-refractivity contribution in [3.63, 3.8) is 0 Å². The fourth-order valence-corrected chi connectivity index (χ4v) is 4.12. The number of imidazole rings is 1. The molecule has 4 rings (SSSR count). The van der Waals surface area contributed by atoms with Crippen molar-refractivity contribution in [2.75, 3.05) is 13.1 Å². The highest BCUT2D eigenvalue weighted by molar-refractivity contribution is 5.74. The Morgan fingerprint density at radius 3 is 2.68 bits per heavy atom. The van der Waals surface area contributed by atoms with Crippen LogP contribution in [0.1, 0.15) is 39.3 Å². The molecular weight excluding hydrogens is 314 g/mol. The average molecular weight is 339 g/mol. The fraction of sp³-hybridized carbons (Fsp3) is 0.500. The number of para-hydroxylation sites is 1. The molecule has 0 radical (unpaired) electrons. The first-order chi connectivity index (χ1) is 12.0. The third kappa shape index (κ3) is 2.62. The van der Waals surface area contributed by atoms with Gasteiger partial charge >= 0.3 is 0 Å². The van der Waals surface area contributed by atoms with Crippen LogP contribution in [0.4, 0.5) is 0 Å². The summed E-state index contributed by atoms with van der Waals surface area (Å²) < 4.78 is 8.86. The van der Waals surface area contributed by atoms with Gasteiger partial charge in [-0.05, 0) is 18.1 Å². The largest absolute Gasteiger partial charge is 0.480 e. The predicted molar refractivity (Wildman–Crippen MR) is 96.3 cm³/mol. The zero-order valence-electron chi connectivity index (χ0n) is 15.2. The van der Waals surface area contributed by atoms with E-state index in [0.29, 0.717) is 5.92 Å². The Bertz CT molecular complexity index is 801. The summed E-state index contributed by atoms with van der Waals surface area (Å²) in [5.41, 5.74) is 2.91. The molecule has 0 unspecified atom stereocenters. The van der Waals surface area contributed by atoms with Gasteiger partial charge in [0.25, 0.3) is 0 Å². The maximum absolute atomic E-state index is 11.7. The van der Waals surface area contributed by atoms with Gasteiger partial charge < -0.3 is 14.2 Å². The molecule has 5 nitrogen and oxygen atoms in total. The van der Waals surface area contributed by atoms with E-state index in [2.05, 4.69) is 24.5 Å². The normalized spacial score (nSPS) is 18.0. The van der Waals surface area contributed by atoms with Crippen LogP contribution >= 0.6 is 0 Å². The average Bonchev–Trinajstić information content (AvgIpc) is 3.00. The second-order valence-electron chi connectivity index (χ2n) is 7.59. The number of aromatic nitrogens is 2. The first-order valence-corrected chi connectivity index (χ1v) is 9.10. The van der Waals surface area contributed by atoms with Crippen LogP contribution < -0.4 is 4.74 Å². The van der Waals surface area contributed by atoms with Crippen molar-refractivity contribution in [1.29, 1.82) is 0 Å². The van der Waals surface area contributed by atoms with Crippen molar-refractivity contribution >= 4 is 5.91 Å². The number of likely N-dealkylation sites (tertiary alicyclic amines) is 1. The van der Waals surface area contributed by atoms with Gasteiger partial charge in [-0.15, -0.1) is 0 Å². The summed E-state index contributed by atoms with van der Waals surface area (Å²) in [7, 11) is 0. The van der Waals surface area contributed by atoms with E-state index in [1.807, 2.05) is 29.4 Å². The lowest BCUT2D eigenvalue weighted by molar-refractivity contribution is -0.132. The molecule has 1 fully saturated rings. The molecule has 1 aromatic heterocycles. The molecule has 1 amide bonds. The summed E-state index contributed by atoms with van der Waals surface area (Å²) in [5.74, 6) is 1.58. The number of hydrogen-bond acceptors (Lipinski definition) is 3. The number of amides is 1. The number of ether oxygens (including phenoxy) is 1. The summed E-state index contributed by atoms with van der Waals surface area (Å²) in [4.78, 5) is 18.4. The second kappa shape index (κ2) is 5.90. The van der Waals surface area contributed by atoms with Crippen LogP contribution in [0.2, 0.25) is 0 Å². The Labute approximate surface area is 148 Å². The molecule has 3 heterocycles. The molecule has 25 heavy (non-hydrogen) atoms. The highest BCUT2D eigenvalue weighted by atomic mass is 16.5. The number of carbonyl (C=O) groups excluding carboxylic acids is 1. The van der Waals surface area contributed by atoms with E-state index in [0.717, 1.165) is 49.5 Å². The quantitative estimate of drug-likeness (QED) is 0.842. The Morgan fingerprint density at radius 1 is 1.28 bits per heavy atom. The molecule has 2 aromatic rings. The van der Waals surface area contributed by atoms with E-state index < -0.39 is 0 Å². The van der Waals surface area contributed by atoms with E-state index in [9.17, 15) is 4.79 Å². The highest BCUT2D eigenvalue weighted by Crippen LogP contribution is 2.49. The van der Waals surface area contributed by atoms with Gasteiger partial charge in [-0.25, -0.2) is 4.98 Å². The van der Waals surface area contributed by atoms with Gasteiger partial charge in [0.05, 0.1) is 17.7 Å². The lowest BCUT2D eigenvalue weighted by Gasteiger charge is -2.44. The Balaban J connectivity index is 1.80. The topological polar surface area (TPSA) is 47.4 Å². The number of nitrogens with zero attached hydrogens (tertiary/aromatic N) is 3. The van der Waals surface area contributed by atoms with E-state index in [-0.39, 0.29) is 11.5 Å². The van der Waals surface area contributed by atoms with Gasteiger partial charge in [0.1, 0.15) is 5.75 Å². The molecule has 132 valence electrons. The predicted octanol–water partition coefficient (Wildman–Crippen LogP) is 3.44. The van der Waals surface area contributed by atoms with Crippen LogP contribution in [0.3, 0.4) is 0 Å². The third-order valence-corrected chi connectivity index (χ3v) is 5.30. The van der Waals surface area contributed by atoms with Crippen molar-refractivity contribution in [2.24, 2.45) is 5.92 Å².